The molecule has 0 bridgehead atoms. The van der Waals surface area contributed by atoms with Crippen molar-refractivity contribution >= 4 is 23.2 Å². The van der Waals surface area contributed by atoms with Gasteiger partial charge in [0.2, 0.25) is 5.91 Å². The number of aliphatic hydroxyl groups excluding tert-OH is 1. The van der Waals surface area contributed by atoms with Gasteiger partial charge in [-0.15, -0.1) is 0 Å². The molecular formula is C14H19N3O3. The second-order valence-corrected chi connectivity index (χ2v) is 4.63. The molecule has 2 amide bonds. The van der Waals surface area contributed by atoms with E-state index in [1.54, 1.807) is 12.1 Å². The number of carbonyl (C=O) groups excluding carboxylic acids is 2. The number of hydrogen-bond acceptors (Lipinski definition) is 4. The topological polar surface area (TPSA) is 81.7 Å². The summed E-state index contributed by atoms with van der Waals surface area (Å²) in [5.74, 6) is -0.456. The number of aliphatic hydroxyl groups is 1. The molecule has 0 saturated carbocycles. The second kappa shape index (κ2) is 5.92. The Bertz CT molecular complexity index is 530. The number of anilines is 2. The molecule has 3 N–H and O–H groups in total. The van der Waals surface area contributed by atoms with Crippen LogP contribution in [0.25, 0.3) is 0 Å². The van der Waals surface area contributed by atoms with Gasteiger partial charge < -0.3 is 20.6 Å². The maximum absolute atomic E-state index is 11.7. The third-order valence-corrected chi connectivity index (χ3v) is 3.29. The third-order valence-electron chi connectivity index (χ3n) is 3.29. The fourth-order valence-electron chi connectivity index (χ4n) is 2.24. The predicted octanol–water partition coefficient (Wildman–Crippen LogP) is 0.634. The average molecular weight is 277 g/mol. The zero-order valence-corrected chi connectivity index (χ0v) is 11.6. The lowest BCUT2D eigenvalue weighted by atomic mass is 10.1. The summed E-state index contributed by atoms with van der Waals surface area (Å²) in [5, 5.41) is 15.0. The zero-order chi connectivity index (χ0) is 14.7. The highest BCUT2D eigenvalue weighted by Gasteiger charge is 2.28. The van der Waals surface area contributed by atoms with Gasteiger partial charge in [-0.1, -0.05) is 6.07 Å². The number of likely N-dealkylation sites (N-methyl/N-ethyl adjacent to an activating group) is 2. The van der Waals surface area contributed by atoms with Crippen molar-refractivity contribution in [1.82, 2.24) is 5.32 Å². The molecule has 0 spiro atoms. The minimum atomic E-state index is -1.10. The highest BCUT2D eigenvalue weighted by molar-refractivity contribution is 6.02. The van der Waals surface area contributed by atoms with E-state index in [0.717, 1.165) is 5.69 Å². The number of fused-ring (bicyclic) bond motifs is 1. The number of nitrogens with zero attached hydrogens (tertiary/aromatic N) is 1. The molecule has 0 fully saturated rings. The van der Waals surface area contributed by atoms with Gasteiger partial charge >= 0.3 is 0 Å². The number of rotatable bonds is 5. The second-order valence-electron chi connectivity index (χ2n) is 4.63. The molecule has 1 heterocycles. The number of hydrogen-bond donors (Lipinski definition) is 3. The van der Waals surface area contributed by atoms with Gasteiger partial charge in [0, 0.05) is 30.0 Å². The molecular weight excluding hydrogens is 258 g/mol. The third kappa shape index (κ3) is 2.75. The van der Waals surface area contributed by atoms with Gasteiger partial charge in [0.15, 0.2) is 6.10 Å². The summed E-state index contributed by atoms with van der Waals surface area (Å²) in [4.78, 5) is 25.0. The van der Waals surface area contributed by atoms with Crippen LogP contribution in [0.5, 0.6) is 0 Å². The highest BCUT2D eigenvalue weighted by atomic mass is 16.3. The van der Waals surface area contributed by atoms with Crippen LogP contribution in [0.1, 0.15) is 25.5 Å². The lowest BCUT2D eigenvalue weighted by Crippen LogP contribution is -2.37. The Kier molecular flexibility index (Phi) is 4.24. The fourth-order valence-corrected chi connectivity index (χ4v) is 2.24. The molecule has 1 atom stereocenters. The van der Waals surface area contributed by atoms with Gasteiger partial charge in [0.25, 0.3) is 5.91 Å². The first-order valence-electron chi connectivity index (χ1n) is 6.71. The van der Waals surface area contributed by atoms with E-state index in [0.29, 0.717) is 24.3 Å². The molecule has 6 heteroatoms. The Morgan fingerprint density at radius 3 is 2.85 bits per heavy atom. The van der Waals surface area contributed by atoms with Crippen LogP contribution in [0.4, 0.5) is 11.4 Å². The standard InChI is InChI=1S/C14H19N3O3/c1-3-15-12(18)8-17(4-2)9-5-6-10-11(7-9)16-14(20)13(10)19/h5-7,13,19H,3-4,8H2,1-2H3,(H,15,18)(H,16,20). The van der Waals surface area contributed by atoms with Crippen molar-refractivity contribution in [1.29, 1.82) is 0 Å². The van der Waals surface area contributed by atoms with Crippen LogP contribution in [-0.2, 0) is 9.59 Å². The molecule has 1 aromatic carbocycles. The van der Waals surface area contributed by atoms with Gasteiger partial charge in [-0.3, -0.25) is 9.59 Å². The molecule has 0 aliphatic carbocycles. The van der Waals surface area contributed by atoms with E-state index in [1.165, 1.54) is 0 Å². The van der Waals surface area contributed by atoms with Crippen LogP contribution in [0.15, 0.2) is 18.2 Å². The Morgan fingerprint density at radius 2 is 2.20 bits per heavy atom. The first-order chi connectivity index (χ1) is 9.56. The normalized spacial score (nSPS) is 16.6. The fraction of sp³-hybridized carbons (Fsp3) is 0.429. The first-order valence-corrected chi connectivity index (χ1v) is 6.71. The van der Waals surface area contributed by atoms with Crippen LogP contribution in [-0.4, -0.2) is 36.6 Å². The highest BCUT2D eigenvalue weighted by Crippen LogP contribution is 2.33. The van der Waals surface area contributed by atoms with E-state index in [4.69, 9.17) is 0 Å². The number of carbonyl (C=O) groups is 2. The van der Waals surface area contributed by atoms with Crippen LogP contribution >= 0.6 is 0 Å². The Labute approximate surface area is 117 Å². The molecule has 20 heavy (non-hydrogen) atoms. The maximum atomic E-state index is 11.7. The van der Waals surface area contributed by atoms with E-state index >= 15 is 0 Å². The summed E-state index contributed by atoms with van der Waals surface area (Å²) >= 11 is 0. The smallest absolute Gasteiger partial charge is 0.257 e. The van der Waals surface area contributed by atoms with E-state index < -0.39 is 12.0 Å². The molecule has 0 radical (unpaired) electrons. The molecule has 1 aromatic rings. The van der Waals surface area contributed by atoms with E-state index in [2.05, 4.69) is 10.6 Å². The van der Waals surface area contributed by atoms with Gasteiger partial charge in [0.05, 0.1) is 6.54 Å². The average Bonchev–Trinajstić information content (AvgIpc) is 2.71. The summed E-state index contributed by atoms with van der Waals surface area (Å²) < 4.78 is 0. The molecule has 1 unspecified atom stereocenters. The quantitative estimate of drug-likeness (QED) is 0.737. The number of nitrogens with one attached hydrogen (secondary N) is 2. The lowest BCUT2D eigenvalue weighted by molar-refractivity contribution is -0.123. The van der Waals surface area contributed by atoms with Crippen molar-refractivity contribution in [3.05, 3.63) is 23.8 Å². The largest absolute Gasteiger partial charge is 0.378 e. The summed E-state index contributed by atoms with van der Waals surface area (Å²) in [6.45, 7) is 5.37. The molecule has 2 rings (SSSR count). The SMILES string of the molecule is CCNC(=O)CN(CC)c1ccc2c(c1)NC(=O)C2O. The maximum Gasteiger partial charge on any atom is 0.257 e. The number of benzene rings is 1. The van der Waals surface area contributed by atoms with Gasteiger partial charge in [0.1, 0.15) is 0 Å². The summed E-state index contributed by atoms with van der Waals surface area (Å²) in [6.07, 6.45) is -1.10. The predicted molar refractivity (Wildman–Crippen MR) is 76.6 cm³/mol. The molecule has 6 nitrogen and oxygen atoms in total. The monoisotopic (exact) mass is 277 g/mol. The van der Waals surface area contributed by atoms with Gasteiger partial charge in [-0.2, -0.15) is 0 Å². The summed E-state index contributed by atoms with van der Waals surface area (Å²) in [5.41, 5.74) is 2.02. The van der Waals surface area contributed by atoms with Crippen LogP contribution in [0.3, 0.4) is 0 Å². The van der Waals surface area contributed by atoms with Gasteiger partial charge in [-0.05, 0) is 26.0 Å². The Morgan fingerprint density at radius 1 is 1.45 bits per heavy atom. The van der Waals surface area contributed by atoms with E-state index in [9.17, 15) is 14.7 Å². The van der Waals surface area contributed by atoms with Crippen LogP contribution < -0.4 is 15.5 Å². The van der Waals surface area contributed by atoms with Crippen molar-refractivity contribution in [2.45, 2.75) is 20.0 Å². The van der Waals surface area contributed by atoms with E-state index in [1.807, 2.05) is 24.8 Å². The molecule has 1 aliphatic rings. The summed E-state index contributed by atoms with van der Waals surface area (Å²) in [6, 6.07) is 5.31. The van der Waals surface area contributed by atoms with Crippen molar-refractivity contribution < 1.29 is 14.7 Å². The minimum Gasteiger partial charge on any atom is -0.378 e. The van der Waals surface area contributed by atoms with Crippen LogP contribution in [0, 0.1) is 0 Å². The molecule has 0 aromatic heterocycles. The van der Waals surface area contributed by atoms with Crippen molar-refractivity contribution in [2.24, 2.45) is 0 Å². The Balaban J connectivity index is 2.18. The minimum absolute atomic E-state index is 0.0427. The van der Waals surface area contributed by atoms with Crippen molar-refractivity contribution in [3.8, 4) is 0 Å². The summed E-state index contributed by atoms with van der Waals surface area (Å²) in [7, 11) is 0. The molecule has 108 valence electrons. The van der Waals surface area contributed by atoms with Crippen molar-refractivity contribution in [3.63, 3.8) is 0 Å². The van der Waals surface area contributed by atoms with Crippen molar-refractivity contribution in [2.75, 3.05) is 29.9 Å². The molecule has 1 aliphatic heterocycles. The van der Waals surface area contributed by atoms with E-state index in [-0.39, 0.29) is 12.5 Å². The number of amides is 2. The van der Waals surface area contributed by atoms with Gasteiger partial charge in [-0.25, -0.2) is 0 Å². The van der Waals surface area contributed by atoms with Crippen LogP contribution in [0.2, 0.25) is 0 Å². The lowest BCUT2D eigenvalue weighted by Gasteiger charge is -2.23. The Hall–Kier alpha value is -2.08. The zero-order valence-electron chi connectivity index (χ0n) is 11.6. The molecule has 0 saturated heterocycles. The first kappa shape index (κ1) is 14.3.